The van der Waals surface area contributed by atoms with Gasteiger partial charge in [0.05, 0.1) is 17.0 Å². The molecule has 9 heteroatoms. The second kappa shape index (κ2) is 8.80. The average molecular weight is 453 g/mol. The maximum atomic E-state index is 13.6. The van der Waals surface area contributed by atoms with Crippen LogP contribution in [0.1, 0.15) is 15.9 Å². The normalized spacial score (nSPS) is 14.8. The van der Waals surface area contributed by atoms with Gasteiger partial charge in [-0.2, -0.15) is 0 Å². The number of hydrogen-bond donors (Lipinski definition) is 2. The predicted octanol–water partition coefficient (Wildman–Crippen LogP) is 4.43. The summed E-state index contributed by atoms with van der Waals surface area (Å²) in [4.78, 5) is 26.4. The van der Waals surface area contributed by atoms with Crippen LogP contribution in [-0.4, -0.2) is 27.8 Å². The minimum atomic E-state index is -0.760. The molecule has 0 aromatic heterocycles. The van der Waals surface area contributed by atoms with E-state index in [0.29, 0.717) is 11.3 Å². The summed E-state index contributed by atoms with van der Waals surface area (Å²) in [5.41, 5.74) is 4.42. The van der Waals surface area contributed by atoms with Gasteiger partial charge in [-0.15, -0.1) is 5.10 Å². The molecule has 0 radical (unpaired) electrons. The van der Waals surface area contributed by atoms with Crippen molar-refractivity contribution in [1.29, 1.82) is 0 Å². The standard InChI is InChI=1S/C23H17F2N3O3S/c1-13-2-5-18(6-3-13)28-21(30)12-32-23(28)27-26-22(31)19-10-14(4-7-20(19)29)15-8-16(24)11-17(25)9-15/h2-11,29H,12H2,1H3,(H,26,31)/b27-23+. The molecule has 1 saturated heterocycles. The second-order valence-electron chi connectivity index (χ2n) is 7.08. The van der Waals surface area contributed by atoms with Gasteiger partial charge < -0.3 is 5.11 Å². The smallest absolute Gasteiger partial charge is 0.275 e. The minimum Gasteiger partial charge on any atom is -0.507 e. The predicted molar refractivity (Wildman–Crippen MR) is 119 cm³/mol. The fourth-order valence-electron chi connectivity index (χ4n) is 3.17. The third kappa shape index (κ3) is 4.47. The van der Waals surface area contributed by atoms with Crippen molar-refractivity contribution in [2.24, 2.45) is 5.10 Å². The number of phenolic OH excluding ortho intramolecular Hbond substituents is 1. The zero-order valence-electron chi connectivity index (χ0n) is 16.8. The zero-order valence-corrected chi connectivity index (χ0v) is 17.6. The number of carbonyl (C=O) groups is 2. The van der Waals surface area contributed by atoms with Crippen molar-refractivity contribution in [3.8, 4) is 16.9 Å². The number of amidine groups is 1. The number of benzene rings is 3. The van der Waals surface area contributed by atoms with Crippen molar-refractivity contribution in [2.75, 3.05) is 10.7 Å². The van der Waals surface area contributed by atoms with Gasteiger partial charge in [0, 0.05) is 6.07 Å². The minimum absolute atomic E-state index is 0.132. The van der Waals surface area contributed by atoms with Crippen LogP contribution in [0.4, 0.5) is 14.5 Å². The lowest BCUT2D eigenvalue weighted by Gasteiger charge is -2.16. The number of thioether (sulfide) groups is 1. The summed E-state index contributed by atoms with van der Waals surface area (Å²) in [7, 11) is 0. The molecule has 2 amide bonds. The first-order valence-corrected chi connectivity index (χ1v) is 10.5. The number of hydrazone groups is 1. The van der Waals surface area contributed by atoms with E-state index >= 15 is 0 Å². The van der Waals surface area contributed by atoms with Gasteiger partial charge in [0.25, 0.3) is 5.91 Å². The van der Waals surface area contributed by atoms with E-state index in [0.717, 1.165) is 23.8 Å². The molecule has 0 spiro atoms. The lowest BCUT2D eigenvalue weighted by molar-refractivity contribution is -0.115. The van der Waals surface area contributed by atoms with E-state index in [2.05, 4.69) is 10.5 Å². The number of aryl methyl sites for hydroxylation is 1. The third-order valence-electron chi connectivity index (χ3n) is 4.75. The summed E-state index contributed by atoms with van der Waals surface area (Å²) in [5.74, 6) is -2.58. The number of nitrogens with one attached hydrogen (secondary N) is 1. The Bertz CT molecular complexity index is 1230. The van der Waals surface area contributed by atoms with Gasteiger partial charge in [0.15, 0.2) is 5.17 Å². The Kier molecular flexibility index (Phi) is 5.91. The van der Waals surface area contributed by atoms with Crippen LogP contribution in [0.2, 0.25) is 0 Å². The van der Waals surface area contributed by atoms with E-state index in [1.54, 1.807) is 12.1 Å². The highest BCUT2D eigenvalue weighted by Gasteiger charge is 2.30. The van der Waals surface area contributed by atoms with Gasteiger partial charge >= 0.3 is 0 Å². The summed E-state index contributed by atoms with van der Waals surface area (Å²) in [5, 5.41) is 14.5. The molecule has 0 unspecified atom stereocenters. The molecule has 2 N–H and O–H groups in total. The molecule has 1 fully saturated rings. The van der Waals surface area contributed by atoms with E-state index in [1.165, 1.54) is 34.9 Å². The van der Waals surface area contributed by atoms with Gasteiger partial charge in [0.2, 0.25) is 5.91 Å². The molecule has 1 heterocycles. The number of halogens is 2. The molecule has 0 saturated carbocycles. The van der Waals surface area contributed by atoms with Crippen molar-refractivity contribution in [3.05, 3.63) is 83.4 Å². The molecule has 1 aliphatic rings. The van der Waals surface area contributed by atoms with Crippen molar-refractivity contribution >= 4 is 34.4 Å². The quantitative estimate of drug-likeness (QED) is 0.573. The number of rotatable bonds is 4. The lowest BCUT2D eigenvalue weighted by atomic mass is 10.0. The van der Waals surface area contributed by atoms with E-state index in [9.17, 15) is 23.5 Å². The summed E-state index contributed by atoms with van der Waals surface area (Å²) in [6.07, 6.45) is 0. The Balaban J connectivity index is 1.59. The summed E-state index contributed by atoms with van der Waals surface area (Å²) >= 11 is 1.17. The van der Waals surface area contributed by atoms with Crippen LogP contribution in [0.15, 0.2) is 65.8 Å². The number of amides is 2. The van der Waals surface area contributed by atoms with E-state index in [-0.39, 0.29) is 33.7 Å². The van der Waals surface area contributed by atoms with E-state index < -0.39 is 17.5 Å². The molecule has 0 atom stereocenters. The first-order chi connectivity index (χ1) is 15.3. The molecule has 4 rings (SSSR count). The highest BCUT2D eigenvalue weighted by molar-refractivity contribution is 8.15. The first kappa shape index (κ1) is 21.5. The number of nitrogens with zero attached hydrogens (tertiary/aromatic N) is 2. The molecular formula is C23H17F2N3O3S. The van der Waals surface area contributed by atoms with Crippen LogP contribution in [0.25, 0.3) is 11.1 Å². The van der Waals surface area contributed by atoms with Crippen LogP contribution in [-0.2, 0) is 4.79 Å². The number of phenols is 1. The Hall–Kier alpha value is -3.72. The monoisotopic (exact) mass is 453 g/mol. The zero-order chi connectivity index (χ0) is 22.8. The summed E-state index contributed by atoms with van der Waals surface area (Å²) in [6.45, 7) is 1.93. The molecule has 3 aromatic rings. The fraction of sp³-hybridized carbons (Fsp3) is 0.0870. The van der Waals surface area contributed by atoms with Crippen LogP contribution in [0.5, 0.6) is 5.75 Å². The van der Waals surface area contributed by atoms with Crippen LogP contribution in [0, 0.1) is 18.6 Å². The maximum Gasteiger partial charge on any atom is 0.275 e. The Morgan fingerprint density at radius 3 is 2.41 bits per heavy atom. The molecule has 32 heavy (non-hydrogen) atoms. The molecule has 162 valence electrons. The van der Waals surface area contributed by atoms with Crippen molar-refractivity contribution < 1.29 is 23.5 Å². The SMILES string of the molecule is Cc1ccc(N2C(=O)CS/C2=N/NC(=O)c2cc(-c3cc(F)cc(F)c3)ccc2O)cc1. The highest BCUT2D eigenvalue weighted by atomic mass is 32.2. The fourth-order valence-corrected chi connectivity index (χ4v) is 4.00. The highest BCUT2D eigenvalue weighted by Crippen LogP contribution is 2.28. The maximum absolute atomic E-state index is 13.6. The van der Waals surface area contributed by atoms with Crippen LogP contribution >= 0.6 is 11.8 Å². The number of aromatic hydroxyl groups is 1. The topological polar surface area (TPSA) is 82.0 Å². The lowest BCUT2D eigenvalue weighted by Crippen LogP contribution is -2.31. The summed E-state index contributed by atoms with van der Waals surface area (Å²) in [6, 6.07) is 14.3. The van der Waals surface area contributed by atoms with Gasteiger partial charge in [-0.3, -0.25) is 14.5 Å². The van der Waals surface area contributed by atoms with Gasteiger partial charge in [-0.05, 0) is 54.4 Å². The second-order valence-corrected chi connectivity index (χ2v) is 8.02. The number of hydrogen-bond acceptors (Lipinski definition) is 5. The number of carbonyl (C=O) groups excluding carboxylic acids is 2. The van der Waals surface area contributed by atoms with Crippen molar-refractivity contribution in [1.82, 2.24) is 5.43 Å². The Morgan fingerprint density at radius 1 is 1.03 bits per heavy atom. The van der Waals surface area contributed by atoms with E-state index in [4.69, 9.17) is 0 Å². The molecule has 1 aliphatic heterocycles. The Labute approximate surface area is 186 Å². The average Bonchev–Trinajstić information content (AvgIpc) is 3.12. The van der Waals surface area contributed by atoms with E-state index in [1.807, 2.05) is 19.1 Å². The molecule has 0 aliphatic carbocycles. The van der Waals surface area contributed by atoms with Crippen molar-refractivity contribution in [2.45, 2.75) is 6.92 Å². The molecular weight excluding hydrogens is 436 g/mol. The van der Waals surface area contributed by atoms with Gasteiger partial charge in [-0.1, -0.05) is 35.5 Å². The first-order valence-electron chi connectivity index (χ1n) is 9.52. The third-order valence-corrected chi connectivity index (χ3v) is 5.67. The Morgan fingerprint density at radius 2 is 1.72 bits per heavy atom. The van der Waals surface area contributed by atoms with Gasteiger partial charge in [0.1, 0.15) is 17.4 Å². The summed E-state index contributed by atoms with van der Waals surface area (Å²) < 4.78 is 27.1. The molecule has 6 nitrogen and oxygen atoms in total. The van der Waals surface area contributed by atoms with Crippen LogP contribution < -0.4 is 10.3 Å². The molecule has 0 bridgehead atoms. The largest absolute Gasteiger partial charge is 0.507 e. The number of anilines is 1. The van der Waals surface area contributed by atoms with Crippen LogP contribution in [0.3, 0.4) is 0 Å². The van der Waals surface area contributed by atoms with Gasteiger partial charge in [-0.25, -0.2) is 14.2 Å². The molecule has 3 aromatic carbocycles. The van der Waals surface area contributed by atoms with Crippen molar-refractivity contribution in [3.63, 3.8) is 0 Å².